The van der Waals surface area contributed by atoms with Crippen molar-refractivity contribution in [2.24, 2.45) is 0 Å². The van der Waals surface area contributed by atoms with Crippen molar-refractivity contribution in [2.45, 2.75) is 6.92 Å². The summed E-state index contributed by atoms with van der Waals surface area (Å²) >= 11 is 3.40. The fraction of sp³-hybridized carbons (Fsp3) is 0.0556. The number of anilines is 4. The number of nitrogens with zero attached hydrogens (tertiary/aromatic N) is 2. The molecule has 3 aromatic rings. The zero-order chi connectivity index (χ0) is 16.9. The number of rotatable bonds is 5. The second-order valence-corrected chi connectivity index (χ2v) is 6.07. The van der Waals surface area contributed by atoms with Gasteiger partial charge in [0.25, 0.3) is 0 Å². The molecule has 0 amide bonds. The first kappa shape index (κ1) is 16.1. The van der Waals surface area contributed by atoms with Crippen molar-refractivity contribution in [1.29, 1.82) is 0 Å². The molecule has 1 heterocycles. The lowest BCUT2D eigenvalue weighted by atomic mass is 10.1. The fourth-order valence-electron chi connectivity index (χ4n) is 2.09. The molecule has 5 nitrogen and oxygen atoms in total. The van der Waals surface area contributed by atoms with Crippen molar-refractivity contribution in [3.05, 3.63) is 70.8 Å². The number of ketones is 1. The van der Waals surface area contributed by atoms with Crippen molar-refractivity contribution in [3.8, 4) is 0 Å². The van der Waals surface area contributed by atoms with Crippen molar-refractivity contribution in [2.75, 3.05) is 10.6 Å². The van der Waals surface area contributed by atoms with Gasteiger partial charge in [-0.15, -0.1) is 0 Å². The average molecular weight is 383 g/mol. The molecule has 0 aliphatic heterocycles. The molecule has 0 aliphatic rings. The summed E-state index contributed by atoms with van der Waals surface area (Å²) in [5.74, 6) is 1.22. The monoisotopic (exact) mass is 382 g/mol. The van der Waals surface area contributed by atoms with Gasteiger partial charge < -0.3 is 10.6 Å². The summed E-state index contributed by atoms with van der Waals surface area (Å²) in [4.78, 5) is 20.0. The molecule has 2 aromatic carbocycles. The van der Waals surface area contributed by atoms with Crippen LogP contribution in [-0.4, -0.2) is 15.8 Å². The van der Waals surface area contributed by atoms with Crippen LogP contribution in [0.4, 0.5) is 23.1 Å². The molecule has 0 radical (unpaired) electrons. The maximum Gasteiger partial charge on any atom is 0.229 e. The van der Waals surface area contributed by atoms with E-state index in [1.165, 1.54) is 0 Å². The standard InChI is InChI=1S/C18H15BrN4O/c1-12(24)13-2-6-15(7-3-13)21-17-10-11-20-18(23-17)22-16-8-4-14(19)5-9-16/h2-11H,1H3,(H2,20,21,22,23). The topological polar surface area (TPSA) is 66.9 Å². The van der Waals surface area contributed by atoms with Crippen LogP contribution in [0.2, 0.25) is 0 Å². The molecule has 2 N–H and O–H groups in total. The Morgan fingerprint density at radius 3 is 2.21 bits per heavy atom. The summed E-state index contributed by atoms with van der Waals surface area (Å²) in [5.41, 5.74) is 2.44. The fourth-order valence-corrected chi connectivity index (χ4v) is 2.35. The SMILES string of the molecule is CC(=O)c1ccc(Nc2ccnc(Nc3ccc(Br)cc3)n2)cc1. The van der Waals surface area contributed by atoms with E-state index in [4.69, 9.17) is 0 Å². The number of carbonyl (C=O) groups is 1. The predicted octanol–water partition coefficient (Wildman–Crippen LogP) is 4.93. The molecule has 0 unspecified atom stereocenters. The van der Waals surface area contributed by atoms with Gasteiger partial charge in [-0.25, -0.2) is 4.98 Å². The molecule has 0 fully saturated rings. The molecule has 120 valence electrons. The third-order valence-corrected chi connectivity index (χ3v) is 3.85. The van der Waals surface area contributed by atoms with E-state index in [9.17, 15) is 4.79 Å². The third kappa shape index (κ3) is 4.17. The van der Waals surface area contributed by atoms with Crippen LogP contribution in [0.5, 0.6) is 0 Å². The van der Waals surface area contributed by atoms with Crippen LogP contribution >= 0.6 is 15.9 Å². The average Bonchev–Trinajstić information content (AvgIpc) is 2.58. The van der Waals surface area contributed by atoms with E-state index in [1.807, 2.05) is 36.4 Å². The molecule has 0 aliphatic carbocycles. The first-order valence-electron chi connectivity index (χ1n) is 7.34. The Labute approximate surface area is 148 Å². The van der Waals surface area contributed by atoms with Crippen LogP contribution in [0.25, 0.3) is 0 Å². The molecule has 0 saturated carbocycles. The molecule has 6 heteroatoms. The Morgan fingerprint density at radius 2 is 1.54 bits per heavy atom. The van der Waals surface area contributed by atoms with Gasteiger partial charge in [-0.2, -0.15) is 4.98 Å². The van der Waals surface area contributed by atoms with Gasteiger partial charge in [-0.3, -0.25) is 4.79 Å². The van der Waals surface area contributed by atoms with Gasteiger partial charge in [-0.05, 0) is 61.5 Å². The maximum atomic E-state index is 11.3. The lowest BCUT2D eigenvalue weighted by molar-refractivity contribution is 0.101. The molecule has 0 bridgehead atoms. The van der Waals surface area contributed by atoms with Crippen LogP contribution in [0, 0.1) is 0 Å². The van der Waals surface area contributed by atoms with E-state index in [-0.39, 0.29) is 5.78 Å². The van der Waals surface area contributed by atoms with Gasteiger partial charge in [0.2, 0.25) is 5.95 Å². The van der Waals surface area contributed by atoms with Gasteiger partial charge in [-0.1, -0.05) is 15.9 Å². The Balaban J connectivity index is 1.72. The van der Waals surface area contributed by atoms with E-state index in [0.717, 1.165) is 15.8 Å². The van der Waals surface area contributed by atoms with Gasteiger partial charge in [0.15, 0.2) is 5.78 Å². The van der Waals surface area contributed by atoms with Crippen molar-refractivity contribution < 1.29 is 4.79 Å². The summed E-state index contributed by atoms with van der Waals surface area (Å²) in [6.45, 7) is 1.55. The largest absolute Gasteiger partial charge is 0.340 e. The first-order valence-corrected chi connectivity index (χ1v) is 8.13. The Morgan fingerprint density at radius 1 is 0.917 bits per heavy atom. The number of benzene rings is 2. The lowest BCUT2D eigenvalue weighted by Gasteiger charge is -2.09. The third-order valence-electron chi connectivity index (χ3n) is 3.32. The molecular formula is C18H15BrN4O. The van der Waals surface area contributed by atoms with E-state index in [2.05, 4.69) is 36.5 Å². The number of aromatic nitrogens is 2. The summed E-state index contributed by atoms with van der Waals surface area (Å²) < 4.78 is 1.01. The van der Waals surface area contributed by atoms with Crippen LogP contribution in [0.1, 0.15) is 17.3 Å². The second kappa shape index (κ2) is 7.23. The number of carbonyl (C=O) groups excluding carboxylic acids is 1. The zero-order valence-corrected chi connectivity index (χ0v) is 14.5. The highest BCUT2D eigenvalue weighted by atomic mass is 79.9. The summed E-state index contributed by atoms with van der Waals surface area (Å²) in [7, 11) is 0. The van der Waals surface area contributed by atoms with Crippen LogP contribution in [0.3, 0.4) is 0 Å². The Kier molecular flexibility index (Phi) is 4.86. The number of nitrogens with one attached hydrogen (secondary N) is 2. The Bertz CT molecular complexity index is 848. The molecule has 0 atom stereocenters. The molecule has 24 heavy (non-hydrogen) atoms. The Hall–Kier alpha value is -2.73. The summed E-state index contributed by atoms with van der Waals surface area (Å²) in [6, 6.07) is 16.8. The predicted molar refractivity (Wildman–Crippen MR) is 99.2 cm³/mol. The normalized spacial score (nSPS) is 10.2. The smallest absolute Gasteiger partial charge is 0.229 e. The van der Waals surface area contributed by atoms with E-state index < -0.39 is 0 Å². The summed E-state index contributed by atoms with van der Waals surface area (Å²) in [6.07, 6.45) is 1.68. The number of Topliss-reactive ketones (excluding diaryl/α,β-unsaturated/α-hetero) is 1. The van der Waals surface area contributed by atoms with Crippen molar-refractivity contribution in [1.82, 2.24) is 9.97 Å². The highest BCUT2D eigenvalue weighted by Gasteiger charge is 2.03. The van der Waals surface area contributed by atoms with Gasteiger partial charge >= 0.3 is 0 Å². The van der Waals surface area contributed by atoms with Crippen molar-refractivity contribution in [3.63, 3.8) is 0 Å². The molecular weight excluding hydrogens is 368 g/mol. The maximum absolute atomic E-state index is 11.3. The minimum absolute atomic E-state index is 0.0459. The number of hydrogen-bond acceptors (Lipinski definition) is 5. The molecule has 3 rings (SSSR count). The number of halogens is 1. The van der Waals surface area contributed by atoms with E-state index in [0.29, 0.717) is 17.3 Å². The van der Waals surface area contributed by atoms with Crippen LogP contribution in [0.15, 0.2) is 65.3 Å². The first-order chi connectivity index (χ1) is 11.6. The minimum atomic E-state index is 0.0459. The minimum Gasteiger partial charge on any atom is -0.340 e. The zero-order valence-electron chi connectivity index (χ0n) is 13.0. The molecule has 0 spiro atoms. The van der Waals surface area contributed by atoms with E-state index in [1.54, 1.807) is 31.3 Å². The van der Waals surface area contributed by atoms with E-state index >= 15 is 0 Å². The summed E-state index contributed by atoms with van der Waals surface area (Å²) in [5, 5.41) is 6.35. The van der Waals surface area contributed by atoms with Gasteiger partial charge in [0.1, 0.15) is 5.82 Å². The quantitative estimate of drug-likeness (QED) is 0.612. The highest BCUT2D eigenvalue weighted by molar-refractivity contribution is 9.10. The number of hydrogen-bond donors (Lipinski definition) is 2. The second-order valence-electron chi connectivity index (χ2n) is 5.16. The van der Waals surface area contributed by atoms with Crippen LogP contribution in [-0.2, 0) is 0 Å². The van der Waals surface area contributed by atoms with Crippen molar-refractivity contribution >= 4 is 44.9 Å². The lowest BCUT2D eigenvalue weighted by Crippen LogP contribution is -2.00. The molecule has 0 saturated heterocycles. The van der Waals surface area contributed by atoms with Gasteiger partial charge in [0.05, 0.1) is 0 Å². The molecule has 1 aromatic heterocycles. The van der Waals surface area contributed by atoms with Gasteiger partial charge in [0, 0.05) is 27.6 Å². The highest BCUT2D eigenvalue weighted by Crippen LogP contribution is 2.19. The van der Waals surface area contributed by atoms with Crippen LogP contribution < -0.4 is 10.6 Å².